The number of rotatable bonds is 14. The average Bonchev–Trinajstić information content (AvgIpc) is 3.50. The third-order valence-electron chi connectivity index (χ3n) is 5.92. The monoisotopic (exact) mass is 559 g/mol. The van der Waals surface area contributed by atoms with E-state index in [0.29, 0.717) is 53.0 Å². The molecule has 2 heterocycles. The van der Waals surface area contributed by atoms with E-state index in [2.05, 4.69) is 24.1 Å². The molecule has 0 unspecified atom stereocenters. The highest BCUT2D eigenvalue weighted by molar-refractivity contribution is 8.26. The number of unbranched alkanes of at least 4 members (excludes halogenated alkanes) is 2. The zero-order valence-corrected chi connectivity index (χ0v) is 23.7. The van der Waals surface area contributed by atoms with Gasteiger partial charge in [-0.1, -0.05) is 50.3 Å². The predicted molar refractivity (Wildman–Crippen MR) is 156 cm³/mol. The highest BCUT2D eigenvalue weighted by Gasteiger charge is 2.31. The molecule has 1 fully saturated rings. The van der Waals surface area contributed by atoms with Crippen molar-refractivity contribution in [3.63, 3.8) is 0 Å². The number of likely N-dealkylation sites (N-methyl/N-ethyl adjacent to an activating group) is 1. The number of thiocarbonyl (C=S) groups is 1. The number of esters is 1. The molecular formula is C27H33N3O4S3. The largest absolute Gasteiger partial charge is 0.461 e. The molecule has 1 aliphatic heterocycles. The number of anilines is 1. The van der Waals surface area contributed by atoms with Gasteiger partial charge in [0.2, 0.25) is 5.91 Å². The Labute approximate surface area is 232 Å². The predicted octanol–water partition coefficient (Wildman–Crippen LogP) is 5.65. The fraction of sp³-hybridized carbons (Fsp3) is 0.407. The van der Waals surface area contributed by atoms with Crippen LogP contribution in [0.3, 0.4) is 0 Å². The Morgan fingerprint density at radius 3 is 2.54 bits per heavy atom. The Kier molecular flexibility index (Phi) is 11.8. The van der Waals surface area contributed by atoms with Crippen LogP contribution in [0.1, 0.15) is 54.8 Å². The molecule has 0 spiro atoms. The average molecular weight is 560 g/mol. The molecule has 7 nitrogen and oxygen atoms in total. The molecule has 1 saturated heterocycles. The summed E-state index contributed by atoms with van der Waals surface area (Å²) in [5.41, 5.74) is 1.10. The minimum Gasteiger partial charge on any atom is -0.461 e. The summed E-state index contributed by atoms with van der Waals surface area (Å²) in [6.45, 7) is 7.60. The smallest absolute Gasteiger partial charge is 0.338 e. The summed E-state index contributed by atoms with van der Waals surface area (Å²) in [5.74, 6) is -0.495. The maximum Gasteiger partial charge on any atom is 0.338 e. The molecule has 3 rings (SSSR count). The number of benzene rings is 1. The van der Waals surface area contributed by atoms with E-state index in [4.69, 9.17) is 17.0 Å². The number of thioether (sulfide) groups is 1. The van der Waals surface area contributed by atoms with E-state index >= 15 is 0 Å². The Morgan fingerprint density at radius 1 is 1.11 bits per heavy atom. The minimum absolute atomic E-state index is 0.0441. The third kappa shape index (κ3) is 9.07. The summed E-state index contributed by atoms with van der Waals surface area (Å²) < 4.78 is 5.92. The zero-order chi connectivity index (χ0) is 26.6. The van der Waals surface area contributed by atoms with Crippen molar-refractivity contribution in [2.45, 2.75) is 39.5 Å². The van der Waals surface area contributed by atoms with E-state index in [-0.39, 0.29) is 17.8 Å². The van der Waals surface area contributed by atoms with E-state index < -0.39 is 0 Å². The third-order valence-corrected chi connectivity index (χ3v) is 8.11. The Hall–Kier alpha value is -2.53. The minimum atomic E-state index is -0.367. The fourth-order valence-electron chi connectivity index (χ4n) is 3.73. The van der Waals surface area contributed by atoms with E-state index in [0.717, 1.165) is 30.8 Å². The molecule has 0 aliphatic carbocycles. The highest BCUT2D eigenvalue weighted by Crippen LogP contribution is 2.33. The van der Waals surface area contributed by atoms with Gasteiger partial charge in [-0.3, -0.25) is 14.5 Å². The lowest BCUT2D eigenvalue weighted by atomic mass is 10.1. The first-order chi connectivity index (χ1) is 17.9. The van der Waals surface area contributed by atoms with Crippen LogP contribution in [0.15, 0.2) is 46.7 Å². The van der Waals surface area contributed by atoms with Gasteiger partial charge in [-0.25, -0.2) is 4.79 Å². The second kappa shape index (κ2) is 15.0. The Balaban J connectivity index is 1.33. The topological polar surface area (TPSA) is 79.0 Å². The van der Waals surface area contributed by atoms with Gasteiger partial charge in [-0.15, -0.1) is 11.3 Å². The quantitative estimate of drug-likeness (QED) is 0.139. The van der Waals surface area contributed by atoms with Crippen LogP contribution >= 0.6 is 35.3 Å². The van der Waals surface area contributed by atoms with Crippen LogP contribution in [0, 0.1) is 0 Å². The number of hydrogen-bond acceptors (Lipinski definition) is 8. The second-order valence-electron chi connectivity index (χ2n) is 8.45. The second-order valence-corrected chi connectivity index (χ2v) is 11.1. The number of ether oxygens (including phenoxy) is 1. The highest BCUT2D eigenvalue weighted by atomic mass is 32.2. The van der Waals surface area contributed by atoms with Crippen molar-refractivity contribution in [2.75, 3.05) is 38.1 Å². The van der Waals surface area contributed by atoms with Gasteiger partial charge in [0.25, 0.3) is 5.91 Å². The molecule has 1 aromatic heterocycles. The standard InChI is InChI=1S/C27H33N3O4S3/c1-3-29(4-2)16-17-34-26(33)20-11-13-21(14-12-20)28-24(31)10-6-5-7-15-30-25(32)23(37-27(30)35)19-22-9-8-18-36-22/h8-9,11-14,18-19H,3-7,10,15-17H2,1-2H3,(H,28,31). The zero-order valence-electron chi connectivity index (χ0n) is 21.2. The molecular weight excluding hydrogens is 527 g/mol. The summed E-state index contributed by atoms with van der Waals surface area (Å²) in [7, 11) is 0. The molecule has 0 saturated carbocycles. The van der Waals surface area contributed by atoms with Crippen LogP contribution in [0.25, 0.3) is 6.08 Å². The first-order valence-electron chi connectivity index (χ1n) is 12.5. The molecule has 0 bridgehead atoms. The SMILES string of the molecule is CCN(CC)CCOC(=O)c1ccc(NC(=O)CCCCCN2C(=O)C(=Cc3cccs3)SC2=S)cc1. The van der Waals surface area contributed by atoms with Crippen molar-refractivity contribution in [1.82, 2.24) is 9.80 Å². The number of amides is 2. The summed E-state index contributed by atoms with van der Waals surface area (Å²) in [6.07, 6.45) is 4.56. The number of carbonyl (C=O) groups is 3. The van der Waals surface area contributed by atoms with E-state index in [9.17, 15) is 14.4 Å². The van der Waals surface area contributed by atoms with Crippen molar-refractivity contribution in [3.8, 4) is 0 Å². The molecule has 0 atom stereocenters. The van der Waals surface area contributed by atoms with Crippen molar-refractivity contribution < 1.29 is 19.1 Å². The molecule has 1 N–H and O–H groups in total. The Morgan fingerprint density at radius 2 is 1.86 bits per heavy atom. The van der Waals surface area contributed by atoms with Gasteiger partial charge in [-0.05, 0) is 67.7 Å². The molecule has 37 heavy (non-hydrogen) atoms. The summed E-state index contributed by atoms with van der Waals surface area (Å²) >= 11 is 8.31. The molecule has 10 heteroatoms. The van der Waals surface area contributed by atoms with Gasteiger partial charge < -0.3 is 15.0 Å². The molecule has 1 aromatic carbocycles. The lowest BCUT2D eigenvalue weighted by molar-refractivity contribution is -0.122. The molecule has 1 aliphatic rings. The first-order valence-corrected chi connectivity index (χ1v) is 14.6. The van der Waals surface area contributed by atoms with Crippen LogP contribution in [0.2, 0.25) is 0 Å². The number of carbonyl (C=O) groups excluding carboxylic acids is 3. The van der Waals surface area contributed by atoms with Crippen LogP contribution in [-0.4, -0.2) is 64.7 Å². The number of nitrogens with one attached hydrogen (secondary N) is 1. The molecule has 2 amide bonds. The fourth-order valence-corrected chi connectivity index (χ4v) is 5.76. The van der Waals surface area contributed by atoms with Crippen LogP contribution < -0.4 is 5.32 Å². The summed E-state index contributed by atoms with van der Waals surface area (Å²) in [4.78, 5) is 42.7. The van der Waals surface area contributed by atoms with Gasteiger partial charge in [0.05, 0.1) is 10.5 Å². The lowest BCUT2D eigenvalue weighted by Crippen LogP contribution is -2.29. The summed E-state index contributed by atoms with van der Waals surface area (Å²) in [6, 6.07) is 10.7. The van der Waals surface area contributed by atoms with E-state index in [1.807, 2.05) is 23.6 Å². The van der Waals surface area contributed by atoms with Crippen molar-refractivity contribution >= 4 is 69.2 Å². The van der Waals surface area contributed by atoms with Crippen LogP contribution in [-0.2, 0) is 14.3 Å². The van der Waals surface area contributed by atoms with Gasteiger partial charge in [-0.2, -0.15) is 0 Å². The molecule has 0 radical (unpaired) electrons. The van der Waals surface area contributed by atoms with Crippen LogP contribution in [0.4, 0.5) is 5.69 Å². The normalized spacial score (nSPS) is 14.6. The Bertz CT molecular complexity index is 1100. The number of hydrogen-bond donors (Lipinski definition) is 1. The van der Waals surface area contributed by atoms with Crippen molar-refractivity contribution in [2.24, 2.45) is 0 Å². The van der Waals surface area contributed by atoms with Gasteiger partial charge in [0.15, 0.2) is 0 Å². The molecule has 198 valence electrons. The summed E-state index contributed by atoms with van der Waals surface area (Å²) in [5, 5.41) is 4.84. The molecule has 2 aromatic rings. The first kappa shape index (κ1) is 29.0. The van der Waals surface area contributed by atoms with Crippen molar-refractivity contribution in [3.05, 3.63) is 57.1 Å². The lowest BCUT2D eigenvalue weighted by Gasteiger charge is -2.17. The van der Waals surface area contributed by atoms with Gasteiger partial charge in [0, 0.05) is 30.1 Å². The maximum atomic E-state index is 12.6. The van der Waals surface area contributed by atoms with E-state index in [1.165, 1.54) is 11.8 Å². The number of nitrogens with zero attached hydrogens (tertiary/aromatic N) is 2. The number of thiophene rings is 1. The van der Waals surface area contributed by atoms with Gasteiger partial charge >= 0.3 is 5.97 Å². The van der Waals surface area contributed by atoms with Crippen molar-refractivity contribution in [1.29, 1.82) is 0 Å². The maximum absolute atomic E-state index is 12.6. The van der Waals surface area contributed by atoms with Crippen LogP contribution in [0.5, 0.6) is 0 Å². The van der Waals surface area contributed by atoms with E-state index in [1.54, 1.807) is 40.5 Å². The van der Waals surface area contributed by atoms with Gasteiger partial charge in [0.1, 0.15) is 10.9 Å².